The molecule has 1 aliphatic heterocycles. The normalized spacial score (nSPS) is 19.9. The van der Waals surface area contributed by atoms with Gasteiger partial charge in [0.15, 0.2) is 11.6 Å². The van der Waals surface area contributed by atoms with Gasteiger partial charge >= 0.3 is 5.97 Å². The van der Waals surface area contributed by atoms with Crippen LogP contribution in [-0.2, 0) is 5.54 Å². The monoisotopic (exact) mass is 369 g/mol. The van der Waals surface area contributed by atoms with Crippen molar-refractivity contribution in [3.63, 3.8) is 0 Å². The highest BCUT2D eigenvalue weighted by atomic mass is 35.5. The number of nitrogens with zero attached hydrogens (tertiary/aromatic N) is 1. The van der Waals surface area contributed by atoms with Gasteiger partial charge in [0.1, 0.15) is 12.2 Å². The van der Waals surface area contributed by atoms with Gasteiger partial charge in [-0.2, -0.15) is 0 Å². The molecule has 4 rings (SSSR count). The van der Waals surface area contributed by atoms with Crippen molar-refractivity contribution in [2.75, 3.05) is 12.3 Å². The van der Waals surface area contributed by atoms with Crippen molar-refractivity contribution >= 4 is 35.0 Å². The molecule has 25 heavy (non-hydrogen) atoms. The number of carbonyl (C=O) groups is 1. The quantitative estimate of drug-likeness (QED) is 0.693. The predicted octanol–water partition coefficient (Wildman–Crippen LogP) is 1.74. The molecule has 134 valence electrons. The first-order valence-corrected chi connectivity index (χ1v) is 7.61. The van der Waals surface area contributed by atoms with E-state index in [0.717, 1.165) is 0 Å². The number of carboxylic acids is 1. The van der Waals surface area contributed by atoms with Gasteiger partial charge in [-0.3, -0.25) is 4.79 Å². The largest absolute Gasteiger partial charge is 0.489 e. The van der Waals surface area contributed by atoms with Gasteiger partial charge in [-0.1, -0.05) is 0 Å². The minimum absolute atomic E-state index is 0. The van der Waals surface area contributed by atoms with Crippen LogP contribution in [0.3, 0.4) is 0 Å². The minimum Gasteiger partial charge on any atom is -0.489 e. The van der Waals surface area contributed by atoms with E-state index in [0.29, 0.717) is 18.4 Å². The third-order valence-electron chi connectivity index (χ3n) is 4.86. The molecule has 7 nitrogen and oxygen atoms in total. The van der Waals surface area contributed by atoms with Gasteiger partial charge in [-0.05, 0) is 19.8 Å². The Labute approximate surface area is 147 Å². The second kappa shape index (κ2) is 5.34. The second-order valence-electron chi connectivity index (χ2n) is 6.56. The summed E-state index contributed by atoms with van der Waals surface area (Å²) in [5.41, 5.74) is 10.0. The Kier molecular flexibility index (Phi) is 3.74. The summed E-state index contributed by atoms with van der Waals surface area (Å²) in [5.74, 6) is -1.98. The van der Waals surface area contributed by atoms with Gasteiger partial charge in [0, 0.05) is 11.7 Å². The molecule has 1 unspecified atom stereocenters. The summed E-state index contributed by atoms with van der Waals surface area (Å²) >= 11 is 0. The maximum atomic E-state index is 14.9. The van der Waals surface area contributed by atoms with E-state index in [1.165, 1.54) is 6.20 Å². The molecule has 5 N–H and O–H groups in total. The lowest BCUT2D eigenvalue weighted by molar-refractivity contribution is 0.0694. The summed E-state index contributed by atoms with van der Waals surface area (Å²) < 4.78 is 22.2. The number of anilines is 1. The first-order valence-electron chi connectivity index (χ1n) is 7.61. The third-order valence-corrected chi connectivity index (χ3v) is 4.86. The number of aromatic carboxylic acids is 1. The van der Waals surface area contributed by atoms with Crippen molar-refractivity contribution in [1.29, 1.82) is 0 Å². The maximum absolute atomic E-state index is 14.9. The third kappa shape index (κ3) is 2.21. The predicted molar refractivity (Wildman–Crippen MR) is 92.1 cm³/mol. The summed E-state index contributed by atoms with van der Waals surface area (Å²) in [4.78, 5) is 23.9. The number of rotatable bonds is 2. The van der Waals surface area contributed by atoms with Gasteiger partial charge < -0.3 is 25.9 Å². The molecule has 1 atom stereocenters. The van der Waals surface area contributed by atoms with Crippen molar-refractivity contribution < 1.29 is 19.0 Å². The van der Waals surface area contributed by atoms with Crippen LogP contribution in [0.4, 0.5) is 10.1 Å². The molecule has 0 bridgehead atoms. The first-order chi connectivity index (χ1) is 11.3. The molecule has 0 radical (unpaired) electrons. The van der Waals surface area contributed by atoms with Gasteiger partial charge in [0.05, 0.1) is 28.2 Å². The van der Waals surface area contributed by atoms with E-state index in [4.69, 9.17) is 16.2 Å². The van der Waals surface area contributed by atoms with Crippen LogP contribution in [0.25, 0.3) is 10.9 Å². The number of benzene rings is 1. The molecule has 0 spiro atoms. The number of halogens is 2. The van der Waals surface area contributed by atoms with Crippen LogP contribution in [0, 0.1) is 5.82 Å². The van der Waals surface area contributed by atoms with Crippen LogP contribution in [0.5, 0.6) is 5.75 Å². The number of nitrogens with two attached hydrogens (primary N) is 2. The Balaban J connectivity index is 0.00000182. The number of aromatic nitrogens is 1. The fourth-order valence-corrected chi connectivity index (χ4v) is 3.33. The highest BCUT2D eigenvalue weighted by molar-refractivity contribution is 6.01. The lowest BCUT2D eigenvalue weighted by Crippen LogP contribution is -2.31. The topological polar surface area (TPSA) is 121 Å². The highest BCUT2D eigenvalue weighted by Gasteiger charge is 2.47. The van der Waals surface area contributed by atoms with E-state index in [1.54, 1.807) is 4.57 Å². The van der Waals surface area contributed by atoms with E-state index >= 15 is 0 Å². The number of hydrogen-bond acceptors (Lipinski definition) is 5. The van der Waals surface area contributed by atoms with Gasteiger partial charge in [-0.25, -0.2) is 9.18 Å². The molecule has 2 aromatic rings. The van der Waals surface area contributed by atoms with Crippen LogP contribution in [-0.4, -0.2) is 22.2 Å². The number of ether oxygens (including phenoxy) is 1. The Morgan fingerprint density at radius 2 is 2.12 bits per heavy atom. The van der Waals surface area contributed by atoms with Crippen LogP contribution < -0.4 is 21.6 Å². The lowest BCUT2D eigenvalue weighted by Gasteiger charge is -2.30. The molecule has 0 amide bonds. The molecule has 2 heterocycles. The molecule has 1 saturated carbocycles. The zero-order valence-electron chi connectivity index (χ0n) is 13.3. The standard InChI is InChI=1S/C16H16FN3O4.ClH/c1-6-5-24-14-9(16(19)2-3-16)10(17)11(18)8-12(14)20(6)4-7(13(8)21)15(22)23;/h4,6H,2-3,5,18-19H2,1H3,(H,22,23);1H. The molecular weight excluding hydrogens is 353 g/mol. The van der Waals surface area contributed by atoms with Crippen LogP contribution in [0.1, 0.15) is 41.7 Å². The van der Waals surface area contributed by atoms with Gasteiger partial charge in [0.2, 0.25) is 5.43 Å². The molecule has 2 aliphatic rings. The molecule has 9 heteroatoms. The second-order valence-corrected chi connectivity index (χ2v) is 6.56. The summed E-state index contributed by atoms with van der Waals surface area (Å²) in [6.45, 7) is 2.03. The molecule has 1 aliphatic carbocycles. The highest BCUT2D eigenvalue weighted by Crippen LogP contribution is 2.52. The van der Waals surface area contributed by atoms with Crippen LogP contribution in [0.2, 0.25) is 0 Å². The van der Waals surface area contributed by atoms with Crippen molar-refractivity contribution in [3.8, 4) is 5.75 Å². The zero-order chi connectivity index (χ0) is 17.4. The van der Waals surface area contributed by atoms with E-state index in [2.05, 4.69) is 0 Å². The van der Waals surface area contributed by atoms with Crippen molar-refractivity contribution in [3.05, 3.63) is 33.4 Å². The average molecular weight is 370 g/mol. The van der Waals surface area contributed by atoms with Gasteiger partial charge in [-0.15, -0.1) is 12.4 Å². The maximum Gasteiger partial charge on any atom is 0.341 e. The summed E-state index contributed by atoms with van der Waals surface area (Å²) in [5, 5.41) is 9.11. The number of carboxylic acid groups (broad SMARTS) is 1. The summed E-state index contributed by atoms with van der Waals surface area (Å²) in [7, 11) is 0. The smallest absolute Gasteiger partial charge is 0.341 e. The first kappa shape index (κ1) is 17.5. The summed E-state index contributed by atoms with van der Waals surface area (Å²) in [6.07, 6.45) is 2.46. The molecular formula is C16H17ClFN3O4. The molecule has 1 aromatic heterocycles. The Hall–Kier alpha value is -2.32. The summed E-state index contributed by atoms with van der Waals surface area (Å²) in [6, 6.07) is -0.232. The Morgan fingerprint density at radius 1 is 1.48 bits per heavy atom. The minimum atomic E-state index is -1.38. The fourth-order valence-electron chi connectivity index (χ4n) is 3.33. The lowest BCUT2D eigenvalue weighted by atomic mass is 9.96. The number of hydrogen-bond donors (Lipinski definition) is 3. The average Bonchev–Trinajstić information content (AvgIpc) is 3.26. The van der Waals surface area contributed by atoms with E-state index in [9.17, 15) is 19.1 Å². The van der Waals surface area contributed by atoms with E-state index in [1.807, 2.05) is 6.92 Å². The molecule has 0 saturated heterocycles. The van der Waals surface area contributed by atoms with Crippen LogP contribution in [0.15, 0.2) is 11.0 Å². The SMILES string of the molecule is CC1COc2c(C3(N)CC3)c(F)c(N)c3c(=O)c(C(=O)O)cn1c23.Cl. The van der Waals surface area contributed by atoms with Crippen LogP contribution >= 0.6 is 12.4 Å². The van der Waals surface area contributed by atoms with Crippen molar-refractivity contribution in [2.24, 2.45) is 5.73 Å². The molecule has 1 fully saturated rings. The number of nitrogen functional groups attached to an aromatic ring is 1. The fraction of sp³-hybridized carbons (Fsp3) is 0.375. The van der Waals surface area contributed by atoms with Crippen molar-refractivity contribution in [2.45, 2.75) is 31.3 Å². The van der Waals surface area contributed by atoms with Crippen molar-refractivity contribution in [1.82, 2.24) is 4.57 Å². The Bertz CT molecular complexity index is 984. The Morgan fingerprint density at radius 3 is 2.68 bits per heavy atom. The van der Waals surface area contributed by atoms with Gasteiger partial charge in [0.25, 0.3) is 0 Å². The van der Waals surface area contributed by atoms with E-state index < -0.39 is 28.3 Å². The number of pyridine rings is 1. The molecule has 1 aromatic carbocycles. The zero-order valence-corrected chi connectivity index (χ0v) is 14.2. The van der Waals surface area contributed by atoms with E-state index in [-0.39, 0.29) is 47.4 Å².